The predicted molar refractivity (Wildman–Crippen MR) is 114 cm³/mol. The monoisotopic (exact) mass is 506 g/mol. The van der Waals surface area contributed by atoms with Gasteiger partial charge in [-0.2, -0.15) is 26.3 Å². The van der Waals surface area contributed by atoms with E-state index in [0.29, 0.717) is 29.7 Å². The van der Waals surface area contributed by atoms with Gasteiger partial charge in [0.15, 0.2) is 0 Å². The molecule has 1 fully saturated rings. The molecule has 0 radical (unpaired) electrons. The lowest BCUT2D eigenvalue weighted by molar-refractivity contribution is -0.143. The van der Waals surface area contributed by atoms with E-state index in [1.165, 1.54) is 37.1 Å². The van der Waals surface area contributed by atoms with Crippen LogP contribution in [0, 0.1) is 18.7 Å². The number of rotatable bonds is 4. The summed E-state index contributed by atoms with van der Waals surface area (Å²) in [6, 6.07) is 2.88. The van der Waals surface area contributed by atoms with E-state index in [-0.39, 0.29) is 30.7 Å². The molecule has 2 unspecified atom stereocenters. The van der Waals surface area contributed by atoms with Crippen molar-refractivity contribution in [2.75, 3.05) is 20.2 Å². The van der Waals surface area contributed by atoms with Gasteiger partial charge in [0.25, 0.3) is 0 Å². The minimum Gasteiger partial charge on any atom is -0.396 e. The van der Waals surface area contributed by atoms with Crippen molar-refractivity contribution in [3.05, 3.63) is 70.0 Å². The molecule has 3 rings (SSSR count). The van der Waals surface area contributed by atoms with Crippen molar-refractivity contribution in [3.8, 4) is 0 Å². The van der Waals surface area contributed by atoms with Gasteiger partial charge in [0.05, 0.1) is 23.2 Å². The minimum atomic E-state index is -5.01. The van der Waals surface area contributed by atoms with Gasteiger partial charge in [-0.25, -0.2) is 9.18 Å². The number of likely N-dealkylation sites (tertiary alicyclic amines) is 1. The average Bonchev–Trinajstić information content (AvgIpc) is 3.19. The van der Waals surface area contributed by atoms with E-state index >= 15 is 0 Å². The second kappa shape index (κ2) is 9.67. The van der Waals surface area contributed by atoms with Crippen LogP contribution in [0.5, 0.6) is 0 Å². The van der Waals surface area contributed by atoms with Crippen LogP contribution in [0.1, 0.15) is 53.2 Å². The molecule has 0 saturated carbocycles. The van der Waals surface area contributed by atoms with Gasteiger partial charge in [-0.3, -0.25) is 0 Å². The zero-order valence-electron chi connectivity index (χ0n) is 19.2. The van der Waals surface area contributed by atoms with E-state index in [0.717, 1.165) is 4.90 Å². The number of hydrogen-bond acceptors (Lipinski definition) is 2. The Hall–Kier alpha value is -2.82. The third kappa shape index (κ3) is 5.55. The first-order valence-electron chi connectivity index (χ1n) is 10.8. The van der Waals surface area contributed by atoms with Gasteiger partial charge in [0.1, 0.15) is 5.82 Å². The van der Waals surface area contributed by atoms with Crippen LogP contribution in [0.15, 0.2) is 36.4 Å². The van der Waals surface area contributed by atoms with Crippen LogP contribution in [0.2, 0.25) is 0 Å². The number of alkyl halides is 6. The zero-order chi connectivity index (χ0) is 26.3. The summed E-state index contributed by atoms with van der Waals surface area (Å²) < 4.78 is 93.3. The van der Waals surface area contributed by atoms with E-state index in [4.69, 9.17) is 0 Å². The average molecular weight is 506 g/mol. The first-order chi connectivity index (χ1) is 16.1. The molecule has 2 aromatic rings. The molecule has 0 aromatic heterocycles. The molecule has 3 atom stereocenters. The summed E-state index contributed by atoms with van der Waals surface area (Å²) in [7, 11) is 1.29. The van der Waals surface area contributed by atoms with E-state index in [2.05, 4.69) is 0 Å². The van der Waals surface area contributed by atoms with Gasteiger partial charge >= 0.3 is 18.4 Å². The number of aliphatic hydroxyl groups excluding tert-OH is 1. The molecule has 1 N–H and O–H groups in total. The molecule has 0 bridgehead atoms. The lowest BCUT2D eigenvalue weighted by atomic mass is 9.91. The van der Waals surface area contributed by atoms with Crippen molar-refractivity contribution >= 4 is 6.03 Å². The van der Waals surface area contributed by atoms with Crippen LogP contribution in [-0.2, 0) is 12.4 Å². The molecule has 11 heteroatoms. The van der Waals surface area contributed by atoms with Crippen LogP contribution in [0.25, 0.3) is 0 Å². The molecule has 1 aliphatic heterocycles. The van der Waals surface area contributed by atoms with Crippen LogP contribution in [0.3, 0.4) is 0 Å². The van der Waals surface area contributed by atoms with Crippen LogP contribution >= 0.6 is 0 Å². The normalized spacial score (nSPS) is 19.7. The first-order valence-corrected chi connectivity index (χ1v) is 10.8. The highest BCUT2D eigenvalue weighted by atomic mass is 19.4. The molecule has 1 saturated heterocycles. The fourth-order valence-electron chi connectivity index (χ4n) is 4.47. The predicted octanol–water partition coefficient (Wildman–Crippen LogP) is 6.34. The van der Waals surface area contributed by atoms with E-state index in [1.807, 2.05) is 0 Å². The second-order valence-corrected chi connectivity index (χ2v) is 8.78. The number of amides is 2. The lowest BCUT2D eigenvalue weighted by Gasteiger charge is -2.35. The third-order valence-corrected chi connectivity index (χ3v) is 6.53. The molecule has 1 aliphatic rings. The summed E-state index contributed by atoms with van der Waals surface area (Å²) in [6.45, 7) is 2.94. The van der Waals surface area contributed by atoms with Crippen molar-refractivity contribution in [1.29, 1.82) is 0 Å². The molecular formula is C24H25F7N2O2. The van der Waals surface area contributed by atoms with Crippen LogP contribution in [-0.4, -0.2) is 41.1 Å². The Morgan fingerprint density at radius 1 is 1.09 bits per heavy atom. The van der Waals surface area contributed by atoms with Gasteiger partial charge in [-0.1, -0.05) is 6.07 Å². The summed E-state index contributed by atoms with van der Waals surface area (Å²) in [4.78, 5) is 15.9. The highest BCUT2D eigenvalue weighted by Crippen LogP contribution is 2.41. The largest absolute Gasteiger partial charge is 0.416 e. The zero-order valence-corrected chi connectivity index (χ0v) is 19.2. The molecule has 4 nitrogen and oxygen atoms in total. The molecule has 35 heavy (non-hydrogen) atoms. The van der Waals surface area contributed by atoms with Gasteiger partial charge in [0.2, 0.25) is 0 Å². The Labute approximate surface area is 197 Å². The molecule has 2 aromatic carbocycles. The number of carbonyl (C=O) groups excluding carboxylic acids is 1. The number of carbonyl (C=O) groups is 1. The highest BCUT2D eigenvalue weighted by Gasteiger charge is 2.41. The number of aliphatic hydroxyl groups is 1. The Morgan fingerprint density at radius 3 is 2.14 bits per heavy atom. The Kier molecular flexibility index (Phi) is 7.40. The van der Waals surface area contributed by atoms with Crippen LogP contribution < -0.4 is 0 Å². The Balaban J connectivity index is 1.96. The molecule has 0 aliphatic carbocycles. The van der Waals surface area contributed by atoms with Gasteiger partial charge < -0.3 is 14.9 Å². The number of hydrogen-bond donors (Lipinski definition) is 1. The fourth-order valence-corrected chi connectivity index (χ4v) is 4.47. The standard InChI is InChI=1S/C24H25F7N2O2/c1-13-8-19(25)4-5-20(13)21-15(12-34)6-7-33(21)22(35)32(3)14(2)16-9-17(23(26,27)28)11-18(10-16)24(29,30)31/h4-5,8-11,14-15,21,34H,6-7,12H2,1-3H3/t14-,15?,21?/m1/s1. The fraction of sp³-hybridized carbons (Fsp3) is 0.458. The molecule has 192 valence electrons. The van der Waals surface area contributed by atoms with Crippen molar-refractivity contribution in [2.45, 2.75) is 44.7 Å². The lowest BCUT2D eigenvalue weighted by Crippen LogP contribution is -2.43. The van der Waals surface area contributed by atoms with E-state index in [9.17, 15) is 40.6 Å². The topological polar surface area (TPSA) is 43.8 Å². The minimum absolute atomic E-state index is 0.0394. The molecular weight excluding hydrogens is 481 g/mol. The highest BCUT2D eigenvalue weighted by molar-refractivity contribution is 5.76. The summed E-state index contributed by atoms with van der Waals surface area (Å²) in [6.07, 6.45) is -9.59. The van der Waals surface area contributed by atoms with E-state index < -0.39 is 47.4 Å². The summed E-state index contributed by atoms with van der Waals surface area (Å²) in [5.74, 6) is -0.837. The van der Waals surface area contributed by atoms with Crippen molar-refractivity contribution < 1.29 is 40.6 Å². The Bertz CT molecular complexity index is 1050. The number of aryl methyl sites for hydroxylation is 1. The first kappa shape index (κ1) is 26.8. The maximum absolute atomic E-state index is 13.6. The SMILES string of the molecule is Cc1cc(F)ccc1C1C(CO)CCN1C(=O)N(C)[C@H](C)c1cc(C(F)(F)F)cc(C(F)(F)F)c1. The smallest absolute Gasteiger partial charge is 0.396 e. The second-order valence-electron chi connectivity index (χ2n) is 8.78. The number of halogens is 7. The van der Waals surface area contributed by atoms with Gasteiger partial charge in [-0.05, 0) is 67.3 Å². The number of nitrogens with zero attached hydrogens (tertiary/aromatic N) is 2. The Morgan fingerprint density at radius 2 is 1.66 bits per heavy atom. The summed E-state index contributed by atoms with van der Waals surface area (Å²) in [5, 5.41) is 9.84. The van der Waals surface area contributed by atoms with Gasteiger partial charge in [-0.15, -0.1) is 0 Å². The van der Waals surface area contributed by atoms with Crippen molar-refractivity contribution in [2.24, 2.45) is 5.92 Å². The van der Waals surface area contributed by atoms with Crippen molar-refractivity contribution in [1.82, 2.24) is 9.80 Å². The maximum atomic E-state index is 13.6. The van der Waals surface area contributed by atoms with Gasteiger partial charge in [0, 0.05) is 26.1 Å². The van der Waals surface area contributed by atoms with Crippen molar-refractivity contribution in [3.63, 3.8) is 0 Å². The summed E-state index contributed by atoms with van der Waals surface area (Å²) >= 11 is 0. The number of benzene rings is 2. The number of urea groups is 1. The quantitative estimate of drug-likeness (QED) is 0.492. The van der Waals surface area contributed by atoms with E-state index in [1.54, 1.807) is 6.92 Å². The molecule has 1 heterocycles. The van der Waals surface area contributed by atoms with Crippen LogP contribution in [0.4, 0.5) is 35.5 Å². The third-order valence-electron chi connectivity index (χ3n) is 6.53. The molecule has 0 spiro atoms. The molecule has 2 amide bonds. The summed E-state index contributed by atoms with van der Waals surface area (Å²) in [5.41, 5.74) is -2.09. The maximum Gasteiger partial charge on any atom is 0.416 e.